The molecule has 164 valence electrons. The number of carbonyl (C=O) groups excluding carboxylic acids is 1. The van der Waals surface area contributed by atoms with Crippen molar-refractivity contribution in [3.63, 3.8) is 0 Å². The molecule has 1 amide bonds. The fraction of sp³-hybridized carbons (Fsp3) is 0.208. The van der Waals surface area contributed by atoms with Crippen LogP contribution in [-0.4, -0.2) is 31.3 Å². The second-order valence-corrected chi connectivity index (χ2v) is 8.02. The smallest absolute Gasteiger partial charge is 0.268 e. The number of amides is 1. The molecule has 9 heteroatoms. The van der Waals surface area contributed by atoms with Crippen molar-refractivity contribution in [1.82, 2.24) is 24.7 Å². The van der Waals surface area contributed by atoms with Crippen molar-refractivity contribution in [3.8, 4) is 17.3 Å². The van der Waals surface area contributed by atoms with Gasteiger partial charge in [0, 0.05) is 11.6 Å². The SMILES string of the molecule is CC(Nc1ncnc(N)c1C#N)c1nc2cccc(C(=O)NC3CC3)n2c1-c1ccccc1. The van der Waals surface area contributed by atoms with E-state index in [9.17, 15) is 10.1 Å². The van der Waals surface area contributed by atoms with Crippen molar-refractivity contribution >= 4 is 23.2 Å². The Morgan fingerprint density at radius 1 is 1.18 bits per heavy atom. The third-order valence-corrected chi connectivity index (χ3v) is 5.61. The number of hydrogen-bond donors (Lipinski definition) is 3. The van der Waals surface area contributed by atoms with Crippen LogP contribution in [-0.2, 0) is 0 Å². The standard InChI is InChI=1S/C24H22N8O/c1-14(29-23-17(12-25)22(26)27-13-28-23)20-21(15-6-3-2-4-7-15)32-18(8-5-9-19(32)31-20)24(33)30-16-10-11-16/h2-9,13-14,16H,10-11H2,1H3,(H,30,33)(H3,26,27,28,29). The van der Waals surface area contributed by atoms with Gasteiger partial charge in [0.2, 0.25) is 0 Å². The summed E-state index contributed by atoms with van der Waals surface area (Å²) in [5, 5.41) is 15.8. The number of nitrogen functional groups attached to an aromatic ring is 1. The van der Waals surface area contributed by atoms with Crippen LogP contribution in [0.4, 0.5) is 11.6 Å². The highest BCUT2D eigenvalue weighted by Gasteiger charge is 2.27. The minimum atomic E-state index is -0.346. The quantitative estimate of drug-likeness (QED) is 0.420. The molecule has 0 spiro atoms. The summed E-state index contributed by atoms with van der Waals surface area (Å²) in [5.41, 5.74) is 9.64. The zero-order valence-electron chi connectivity index (χ0n) is 18.0. The highest BCUT2D eigenvalue weighted by molar-refractivity contribution is 5.94. The lowest BCUT2D eigenvalue weighted by Crippen LogP contribution is -2.27. The number of fused-ring (bicyclic) bond motifs is 1. The van der Waals surface area contributed by atoms with E-state index >= 15 is 0 Å². The molecule has 1 unspecified atom stereocenters. The van der Waals surface area contributed by atoms with Crippen LogP contribution in [0.15, 0.2) is 54.9 Å². The number of hydrogen-bond acceptors (Lipinski definition) is 7. The van der Waals surface area contributed by atoms with E-state index in [0.29, 0.717) is 22.9 Å². The minimum Gasteiger partial charge on any atom is -0.382 e. The molecule has 33 heavy (non-hydrogen) atoms. The maximum Gasteiger partial charge on any atom is 0.268 e. The molecule has 0 aliphatic heterocycles. The number of nitrogens with zero attached hydrogens (tertiary/aromatic N) is 5. The van der Waals surface area contributed by atoms with Gasteiger partial charge in [-0.25, -0.2) is 15.0 Å². The minimum absolute atomic E-state index is 0.111. The van der Waals surface area contributed by atoms with Crippen LogP contribution in [0.5, 0.6) is 0 Å². The largest absolute Gasteiger partial charge is 0.382 e. The molecule has 1 saturated carbocycles. The van der Waals surface area contributed by atoms with Gasteiger partial charge in [-0.15, -0.1) is 0 Å². The molecule has 1 aliphatic rings. The summed E-state index contributed by atoms with van der Waals surface area (Å²) in [6.45, 7) is 1.93. The van der Waals surface area contributed by atoms with Gasteiger partial charge >= 0.3 is 0 Å². The molecule has 0 bridgehead atoms. The van der Waals surface area contributed by atoms with E-state index in [1.165, 1.54) is 6.33 Å². The van der Waals surface area contributed by atoms with E-state index in [-0.39, 0.29) is 29.4 Å². The Morgan fingerprint density at radius 3 is 2.70 bits per heavy atom. The first-order valence-corrected chi connectivity index (χ1v) is 10.7. The number of pyridine rings is 1. The van der Waals surface area contributed by atoms with Crippen LogP contribution in [0.3, 0.4) is 0 Å². The predicted octanol–water partition coefficient (Wildman–Crippen LogP) is 3.31. The number of benzene rings is 1. The van der Waals surface area contributed by atoms with Gasteiger partial charge in [-0.1, -0.05) is 36.4 Å². The molecule has 4 N–H and O–H groups in total. The maximum atomic E-state index is 13.0. The van der Waals surface area contributed by atoms with E-state index in [0.717, 1.165) is 24.1 Å². The van der Waals surface area contributed by atoms with Gasteiger partial charge in [-0.3, -0.25) is 9.20 Å². The van der Waals surface area contributed by atoms with Crippen LogP contribution in [0.1, 0.15) is 47.6 Å². The summed E-state index contributed by atoms with van der Waals surface area (Å²) in [6.07, 6.45) is 3.33. The van der Waals surface area contributed by atoms with Crippen molar-refractivity contribution in [2.45, 2.75) is 31.8 Å². The molecular weight excluding hydrogens is 416 g/mol. The van der Waals surface area contributed by atoms with E-state index < -0.39 is 0 Å². The van der Waals surface area contributed by atoms with Gasteiger partial charge in [0.1, 0.15) is 40.9 Å². The first-order chi connectivity index (χ1) is 16.1. The van der Waals surface area contributed by atoms with Crippen molar-refractivity contribution in [2.75, 3.05) is 11.1 Å². The lowest BCUT2D eigenvalue weighted by Gasteiger charge is -2.16. The lowest BCUT2D eigenvalue weighted by molar-refractivity contribution is 0.0945. The molecule has 3 heterocycles. The monoisotopic (exact) mass is 438 g/mol. The molecule has 9 nitrogen and oxygen atoms in total. The molecule has 5 rings (SSSR count). The van der Waals surface area contributed by atoms with E-state index in [1.54, 1.807) is 6.07 Å². The molecular formula is C24H22N8O. The first kappa shape index (κ1) is 20.5. The van der Waals surface area contributed by atoms with Gasteiger partial charge in [0.25, 0.3) is 5.91 Å². The Morgan fingerprint density at radius 2 is 1.97 bits per heavy atom. The van der Waals surface area contributed by atoms with Gasteiger partial charge in [-0.05, 0) is 31.9 Å². The van der Waals surface area contributed by atoms with Crippen molar-refractivity contribution in [1.29, 1.82) is 5.26 Å². The zero-order valence-corrected chi connectivity index (χ0v) is 18.0. The third kappa shape index (κ3) is 3.83. The predicted molar refractivity (Wildman–Crippen MR) is 124 cm³/mol. The van der Waals surface area contributed by atoms with Crippen LogP contribution in [0, 0.1) is 11.3 Å². The average molecular weight is 438 g/mol. The number of carbonyl (C=O) groups is 1. The van der Waals surface area contributed by atoms with Gasteiger partial charge in [0.05, 0.1) is 17.4 Å². The Labute approximate surface area is 190 Å². The van der Waals surface area contributed by atoms with Gasteiger partial charge < -0.3 is 16.4 Å². The molecule has 3 aromatic heterocycles. The van der Waals surface area contributed by atoms with Crippen LogP contribution in [0.2, 0.25) is 0 Å². The lowest BCUT2D eigenvalue weighted by atomic mass is 10.1. The second kappa shape index (κ2) is 8.24. The van der Waals surface area contributed by atoms with Crippen LogP contribution in [0.25, 0.3) is 16.9 Å². The van der Waals surface area contributed by atoms with E-state index in [1.807, 2.05) is 53.8 Å². The van der Waals surface area contributed by atoms with Crippen molar-refractivity contribution < 1.29 is 4.79 Å². The third-order valence-electron chi connectivity index (χ3n) is 5.61. The second-order valence-electron chi connectivity index (χ2n) is 8.02. The van der Waals surface area contributed by atoms with Gasteiger partial charge in [-0.2, -0.15) is 5.26 Å². The van der Waals surface area contributed by atoms with Crippen LogP contribution < -0.4 is 16.4 Å². The summed E-state index contributed by atoms with van der Waals surface area (Å²) in [5.74, 6) is 0.319. The molecule has 0 radical (unpaired) electrons. The zero-order chi connectivity index (χ0) is 22.9. The summed E-state index contributed by atoms with van der Waals surface area (Å²) in [7, 11) is 0. The Balaban J connectivity index is 1.65. The average Bonchev–Trinajstić information content (AvgIpc) is 3.55. The maximum absolute atomic E-state index is 13.0. The Bertz CT molecular complexity index is 1390. The first-order valence-electron chi connectivity index (χ1n) is 10.7. The normalized spacial score (nSPS) is 13.9. The number of nitrogens with two attached hydrogens (primary N) is 1. The molecule has 0 saturated heterocycles. The topological polar surface area (TPSA) is 134 Å². The highest BCUT2D eigenvalue weighted by Crippen LogP contribution is 2.33. The summed E-state index contributed by atoms with van der Waals surface area (Å²) < 4.78 is 1.89. The number of anilines is 2. The summed E-state index contributed by atoms with van der Waals surface area (Å²) in [4.78, 5) is 26.0. The highest BCUT2D eigenvalue weighted by atomic mass is 16.2. The van der Waals surface area contributed by atoms with Gasteiger partial charge in [0.15, 0.2) is 0 Å². The van der Waals surface area contributed by atoms with E-state index in [4.69, 9.17) is 10.7 Å². The number of imidazole rings is 1. The number of aromatic nitrogens is 4. The number of nitrogens with one attached hydrogen (secondary N) is 2. The van der Waals surface area contributed by atoms with Crippen molar-refractivity contribution in [2.24, 2.45) is 0 Å². The Hall–Kier alpha value is -4.45. The summed E-state index contributed by atoms with van der Waals surface area (Å²) >= 11 is 0. The molecule has 4 aromatic rings. The summed E-state index contributed by atoms with van der Waals surface area (Å²) in [6, 6.07) is 17.3. The molecule has 1 atom stereocenters. The fourth-order valence-electron chi connectivity index (χ4n) is 3.84. The molecule has 1 aliphatic carbocycles. The number of rotatable bonds is 6. The molecule has 1 aromatic carbocycles. The van der Waals surface area contributed by atoms with Crippen LogP contribution >= 0.6 is 0 Å². The fourth-order valence-corrected chi connectivity index (χ4v) is 3.84. The Kier molecular flexibility index (Phi) is 5.11. The van der Waals surface area contributed by atoms with E-state index in [2.05, 4.69) is 26.7 Å². The van der Waals surface area contributed by atoms with Crippen molar-refractivity contribution in [3.05, 3.63) is 71.8 Å². The molecule has 1 fully saturated rings. The number of nitriles is 1.